The van der Waals surface area contributed by atoms with Gasteiger partial charge in [-0.3, -0.25) is 0 Å². The van der Waals surface area contributed by atoms with Gasteiger partial charge in [0.15, 0.2) is 0 Å². The molecule has 5 rings (SSSR count). The van der Waals surface area contributed by atoms with Gasteiger partial charge in [0, 0.05) is 16.7 Å². The average molecular weight is 513 g/mol. The lowest BCUT2D eigenvalue weighted by Crippen LogP contribution is -2.36. The van der Waals surface area contributed by atoms with E-state index in [-0.39, 0.29) is 0 Å². The van der Waals surface area contributed by atoms with Crippen molar-refractivity contribution in [2.24, 2.45) is 0 Å². The lowest BCUT2D eigenvalue weighted by molar-refractivity contribution is 0.391. The molecular weight excluding hydrogens is 493 g/mol. The van der Waals surface area contributed by atoms with E-state index in [1.54, 1.807) is 16.4 Å². The fraction of sp³-hybridized carbons (Fsp3) is 0.167. The number of benzene rings is 4. The summed E-state index contributed by atoms with van der Waals surface area (Å²) in [6.07, 6.45) is 0.738. The third-order valence-corrected chi connectivity index (χ3v) is 8.89. The van der Waals surface area contributed by atoms with Crippen molar-refractivity contribution in [3.63, 3.8) is 0 Å². The van der Waals surface area contributed by atoms with Crippen molar-refractivity contribution in [2.45, 2.75) is 24.8 Å². The molecule has 1 aliphatic rings. The zero-order valence-electron chi connectivity index (χ0n) is 16.0. The van der Waals surface area contributed by atoms with Crippen LogP contribution in [0.3, 0.4) is 0 Å². The van der Waals surface area contributed by atoms with E-state index < -0.39 is 10.0 Å². The molecule has 0 aliphatic carbocycles. The first-order valence-electron chi connectivity index (χ1n) is 9.64. The number of hydrogen-bond acceptors (Lipinski definition) is 2. The molecule has 0 saturated carbocycles. The van der Waals surface area contributed by atoms with Gasteiger partial charge in [-0.25, -0.2) is 8.42 Å². The van der Waals surface area contributed by atoms with Crippen LogP contribution >= 0.6 is 22.6 Å². The number of halogens is 1. The summed E-state index contributed by atoms with van der Waals surface area (Å²) < 4.78 is 29.2. The Kier molecular flexibility index (Phi) is 4.64. The number of aryl methyl sites for hydroxylation is 1. The Hall–Kier alpha value is -1.96. The van der Waals surface area contributed by atoms with Gasteiger partial charge in [0.1, 0.15) is 0 Å². The summed E-state index contributed by atoms with van der Waals surface area (Å²) in [5.41, 5.74) is 3.45. The molecule has 3 nitrogen and oxygen atoms in total. The van der Waals surface area contributed by atoms with Gasteiger partial charge >= 0.3 is 0 Å². The molecule has 0 aromatic heterocycles. The number of nitrogens with zero attached hydrogens (tertiary/aromatic N) is 1. The van der Waals surface area contributed by atoms with E-state index in [4.69, 9.17) is 0 Å². The van der Waals surface area contributed by atoms with E-state index in [9.17, 15) is 8.42 Å². The van der Waals surface area contributed by atoms with Crippen LogP contribution in [-0.2, 0) is 23.0 Å². The topological polar surface area (TPSA) is 37.4 Å². The van der Waals surface area contributed by atoms with Gasteiger partial charge in [-0.15, -0.1) is 0 Å². The Balaban J connectivity index is 1.62. The first-order valence-corrected chi connectivity index (χ1v) is 12.2. The SMILES string of the molecule is Cc1ccc(S(=O)(=O)N2CCc3c(cc4c(ccc5ccccc54)c3I)C2)cc1. The molecular formula is C24H20INO2S. The van der Waals surface area contributed by atoms with Gasteiger partial charge in [-0.05, 0) is 86.8 Å². The maximum Gasteiger partial charge on any atom is 0.243 e. The molecule has 0 fully saturated rings. The molecule has 0 saturated heterocycles. The van der Waals surface area contributed by atoms with Crippen LogP contribution in [0.25, 0.3) is 21.5 Å². The minimum atomic E-state index is -3.50. The van der Waals surface area contributed by atoms with Crippen molar-refractivity contribution in [1.82, 2.24) is 4.31 Å². The summed E-state index contributed by atoms with van der Waals surface area (Å²) >= 11 is 2.43. The van der Waals surface area contributed by atoms with E-state index in [2.05, 4.69) is 59.0 Å². The number of sulfonamides is 1. The van der Waals surface area contributed by atoms with E-state index in [0.29, 0.717) is 18.0 Å². The molecule has 0 unspecified atom stereocenters. The van der Waals surface area contributed by atoms with Crippen molar-refractivity contribution in [1.29, 1.82) is 0 Å². The highest BCUT2D eigenvalue weighted by molar-refractivity contribution is 14.1. The van der Waals surface area contributed by atoms with Gasteiger partial charge in [0.2, 0.25) is 10.0 Å². The molecule has 0 N–H and O–H groups in total. The van der Waals surface area contributed by atoms with Gasteiger partial charge in [-0.1, -0.05) is 54.1 Å². The summed E-state index contributed by atoms with van der Waals surface area (Å²) in [4.78, 5) is 0.368. The van der Waals surface area contributed by atoms with E-state index in [1.165, 1.54) is 30.7 Å². The third-order valence-electron chi connectivity index (χ3n) is 5.79. The minimum absolute atomic E-state index is 0.368. The Labute approximate surface area is 184 Å². The van der Waals surface area contributed by atoms with Crippen LogP contribution in [0.15, 0.2) is 71.6 Å². The van der Waals surface area contributed by atoms with Crippen LogP contribution in [-0.4, -0.2) is 19.3 Å². The summed E-state index contributed by atoms with van der Waals surface area (Å²) in [7, 11) is -3.50. The summed E-state index contributed by atoms with van der Waals surface area (Å²) in [6, 6.07) is 22.1. The zero-order chi connectivity index (χ0) is 20.2. The predicted octanol–water partition coefficient (Wildman–Crippen LogP) is 5.65. The summed E-state index contributed by atoms with van der Waals surface area (Å²) in [6.45, 7) is 2.89. The van der Waals surface area contributed by atoms with Crippen molar-refractivity contribution in [3.8, 4) is 0 Å². The second kappa shape index (κ2) is 7.07. The zero-order valence-corrected chi connectivity index (χ0v) is 19.0. The van der Waals surface area contributed by atoms with Crippen LogP contribution in [0.2, 0.25) is 0 Å². The number of fused-ring (bicyclic) bond motifs is 4. The maximum atomic E-state index is 13.2. The fourth-order valence-electron chi connectivity index (χ4n) is 4.19. The largest absolute Gasteiger partial charge is 0.243 e. The van der Waals surface area contributed by atoms with Gasteiger partial charge < -0.3 is 0 Å². The Morgan fingerprint density at radius 3 is 2.45 bits per heavy atom. The molecule has 0 amide bonds. The molecule has 0 bridgehead atoms. The van der Waals surface area contributed by atoms with Gasteiger partial charge in [-0.2, -0.15) is 4.31 Å². The van der Waals surface area contributed by atoms with Crippen LogP contribution in [0, 0.1) is 10.5 Å². The fourth-order valence-corrected chi connectivity index (χ4v) is 6.69. The Morgan fingerprint density at radius 1 is 0.897 bits per heavy atom. The van der Waals surface area contributed by atoms with Crippen LogP contribution in [0.5, 0.6) is 0 Å². The van der Waals surface area contributed by atoms with Crippen LogP contribution in [0.1, 0.15) is 16.7 Å². The molecule has 146 valence electrons. The highest BCUT2D eigenvalue weighted by Gasteiger charge is 2.29. The number of rotatable bonds is 2. The standard InChI is InChI=1S/C24H20INO2S/c1-16-6-9-19(10-7-16)29(27,28)26-13-12-21-18(15-26)14-23-20-5-3-2-4-17(20)8-11-22(23)24(21)25/h2-11,14H,12-13,15H2,1H3. The highest BCUT2D eigenvalue weighted by atomic mass is 127. The van der Waals surface area contributed by atoms with Crippen molar-refractivity contribution >= 4 is 54.2 Å². The van der Waals surface area contributed by atoms with E-state index >= 15 is 0 Å². The van der Waals surface area contributed by atoms with Crippen molar-refractivity contribution in [2.75, 3.05) is 6.54 Å². The third kappa shape index (κ3) is 3.16. The smallest absolute Gasteiger partial charge is 0.207 e. The van der Waals surface area contributed by atoms with E-state index in [0.717, 1.165) is 17.5 Å². The molecule has 0 radical (unpaired) electrons. The molecule has 0 atom stereocenters. The predicted molar refractivity (Wildman–Crippen MR) is 127 cm³/mol. The summed E-state index contributed by atoms with van der Waals surface area (Å²) in [5, 5.41) is 4.86. The van der Waals surface area contributed by atoms with Gasteiger partial charge in [0.05, 0.1) is 4.90 Å². The van der Waals surface area contributed by atoms with Crippen molar-refractivity contribution in [3.05, 3.63) is 87.0 Å². The van der Waals surface area contributed by atoms with E-state index in [1.807, 2.05) is 25.1 Å². The molecule has 1 heterocycles. The first kappa shape index (κ1) is 19.0. The molecule has 4 aromatic rings. The van der Waals surface area contributed by atoms with Crippen LogP contribution < -0.4 is 0 Å². The monoisotopic (exact) mass is 513 g/mol. The molecule has 1 aliphatic heterocycles. The van der Waals surface area contributed by atoms with Crippen molar-refractivity contribution < 1.29 is 8.42 Å². The second-order valence-corrected chi connectivity index (χ2v) is 10.6. The number of hydrogen-bond donors (Lipinski definition) is 0. The Morgan fingerprint density at radius 2 is 1.66 bits per heavy atom. The minimum Gasteiger partial charge on any atom is -0.207 e. The van der Waals surface area contributed by atoms with Gasteiger partial charge in [0.25, 0.3) is 0 Å². The van der Waals surface area contributed by atoms with Crippen LogP contribution in [0.4, 0.5) is 0 Å². The Bertz CT molecular complexity index is 1360. The average Bonchev–Trinajstić information content (AvgIpc) is 2.74. The summed E-state index contributed by atoms with van der Waals surface area (Å²) in [5.74, 6) is 0. The molecule has 5 heteroatoms. The molecule has 4 aromatic carbocycles. The molecule has 29 heavy (non-hydrogen) atoms. The maximum absolute atomic E-state index is 13.2. The lowest BCUT2D eigenvalue weighted by atomic mass is 9.93. The lowest BCUT2D eigenvalue weighted by Gasteiger charge is -2.29. The quantitative estimate of drug-likeness (QED) is 0.257. The first-order chi connectivity index (χ1) is 13.9. The second-order valence-electron chi connectivity index (χ2n) is 7.61. The normalized spacial score (nSPS) is 15.0. The highest BCUT2D eigenvalue weighted by Crippen LogP contribution is 2.36. The molecule has 0 spiro atoms.